The van der Waals surface area contributed by atoms with E-state index in [-0.39, 0.29) is 11.9 Å². The summed E-state index contributed by atoms with van der Waals surface area (Å²) in [6.07, 6.45) is 3.55. The lowest BCUT2D eigenvalue weighted by atomic mass is 10.0. The molecule has 0 atom stereocenters. The lowest BCUT2D eigenvalue weighted by Gasteiger charge is -2.07. The summed E-state index contributed by atoms with van der Waals surface area (Å²) in [5.74, 6) is 1.27. The maximum absolute atomic E-state index is 12.1. The van der Waals surface area contributed by atoms with Gasteiger partial charge in [-0.05, 0) is 54.3 Å². The maximum atomic E-state index is 12.1. The Bertz CT molecular complexity index is 1040. The molecule has 0 aliphatic rings. The molecule has 3 aromatic rings. The van der Waals surface area contributed by atoms with E-state index in [1.807, 2.05) is 12.1 Å². The average molecular weight is 393 g/mol. The Labute approximate surface area is 169 Å². The molecule has 0 saturated heterocycles. The molecule has 29 heavy (non-hydrogen) atoms. The Morgan fingerprint density at radius 2 is 1.83 bits per heavy atom. The number of carbonyl (C=O) groups is 1. The molecule has 1 aromatic heterocycles. The first kappa shape index (κ1) is 20.1. The molecule has 0 aliphatic heterocycles. The van der Waals surface area contributed by atoms with Crippen molar-refractivity contribution in [3.63, 3.8) is 0 Å². The minimum absolute atomic E-state index is 0.0609. The first-order valence-corrected chi connectivity index (χ1v) is 9.08. The van der Waals surface area contributed by atoms with Gasteiger partial charge in [-0.15, -0.1) is 5.10 Å². The molecule has 1 N–H and O–H groups in total. The SMILES string of the molecule is COc1ccc(C=CC(=O)Nc2nnc(Cc3ccc(C)c(C)c3)o2)cc1OC. The second-order valence-corrected chi connectivity index (χ2v) is 6.53. The predicted octanol–water partition coefficient (Wildman–Crippen LogP) is 3.95. The topological polar surface area (TPSA) is 86.5 Å². The van der Waals surface area contributed by atoms with E-state index in [1.165, 1.54) is 17.2 Å². The summed E-state index contributed by atoms with van der Waals surface area (Å²) in [7, 11) is 3.13. The highest BCUT2D eigenvalue weighted by Crippen LogP contribution is 2.28. The van der Waals surface area contributed by atoms with Gasteiger partial charge in [-0.2, -0.15) is 0 Å². The van der Waals surface area contributed by atoms with Crippen LogP contribution in [-0.4, -0.2) is 30.3 Å². The second-order valence-electron chi connectivity index (χ2n) is 6.53. The van der Waals surface area contributed by atoms with Crippen molar-refractivity contribution in [2.75, 3.05) is 19.5 Å². The lowest BCUT2D eigenvalue weighted by Crippen LogP contribution is -2.07. The largest absolute Gasteiger partial charge is 0.493 e. The van der Waals surface area contributed by atoms with Gasteiger partial charge in [-0.1, -0.05) is 29.4 Å². The smallest absolute Gasteiger partial charge is 0.322 e. The monoisotopic (exact) mass is 393 g/mol. The Balaban J connectivity index is 1.61. The third-order valence-corrected chi connectivity index (χ3v) is 4.46. The van der Waals surface area contributed by atoms with Gasteiger partial charge < -0.3 is 13.9 Å². The Morgan fingerprint density at radius 3 is 2.55 bits per heavy atom. The molecule has 3 rings (SSSR count). The molecule has 1 heterocycles. The summed E-state index contributed by atoms with van der Waals surface area (Å²) in [6.45, 7) is 4.12. The number of nitrogens with zero attached hydrogens (tertiary/aromatic N) is 2. The molecule has 0 aliphatic carbocycles. The fraction of sp³-hybridized carbons (Fsp3) is 0.227. The van der Waals surface area contributed by atoms with Crippen LogP contribution in [0.5, 0.6) is 11.5 Å². The van der Waals surface area contributed by atoms with Gasteiger partial charge in [0.2, 0.25) is 5.89 Å². The van der Waals surface area contributed by atoms with Crippen molar-refractivity contribution in [2.24, 2.45) is 0 Å². The highest BCUT2D eigenvalue weighted by molar-refractivity contribution is 6.00. The van der Waals surface area contributed by atoms with E-state index < -0.39 is 0 Å². The van der Waals surface area contributed by atoms with Gasteiger partial charge in [0, 0.05) is 6.08 Å². The molecule has 0 bridgehead atoms. The highest BCUT2D eigenvalue weighted by atomic mass is 16.5. The average Bonchev–Trinajstić information content (AvgIpc) is 3.15. The number of hydrogen-bond acceptors (Lipinski definition) is 6. The molecular weight excluding hydrogens is 370 g/mol. The van der Waals surface area contributed by atoms with Crippen LogP contribution in [0, 0.1) is 13.8 Å². The maximum Gasteiger partial charge on any atom is 0.322 e. The number of aryl methyl sites for hydroxylation is 2. The molecule has 7 nitrogen and oxygen atoms in total. The van der Waals surface area contributed by atoms with Crippen molar-refractivity contribution in [1.82, 2.24) is 10.2 Å². The molecular formula is C22H23N3O4. The molecule has 0 fully saturated rings. The van der Waals surface area contributed by atoms with Crippen molar-refractivity contribution < 1.29 is 18.7 Å². The summed E-state index contributed by atoms with van der Waals surface area (Å²) in [4.78, 5) is 12.1. The molecule has 0 radical (unpaired) electrons. The van der Waals surface area contributed by atoms with E-state index in [2.05, 4.69) is 41.5 Å². The molecule has 0 spiro atoms. The van der Waals surface area contributed by atoms with Gasteiger partial charge >= 0.3 is 6.01 Å². The summed E-state index contributed by atoms with van der Waals surface area (Å²) >= 11 is 0. The van der Waals surface area contributed by atoms with Gasteiger partial charge in [0.15, 0.2) is 11.5 Å². The van der Waals surface area contributed by atoms with Crippen molar-refractivity contribution in [3.05, 3.63) is 70.6 Å². The van der Waals surface area contributed by atoms with Crippen LogP contribution in [0.4, 0.5) is 6.01 Å². The van der Waals surface area contributed by atoms with Crippen LogP contribution in [0.15, 0.2) is 46.9 Å². The Morgan fingerprint density at radius 1 is 1.03 bits per heavy atom. The summed E-state index contributed by atoms with van der Waals surface area (Å²) in [5, 5.41) is 10.4. The fourth-order valence-corrected chi connectivity index (χ4v) is 2.74. The number of hydrogen-bond donors (Lipinski definition) is 1. The van der Waals surface area contributed by atoms with Gasteiger partial charge in [0.25, 0.3) is 5.91 Å². The number of nitrogens with one attached hydrogen (secondary N) is 1. The minimum Gasteiger partial charge on any atom is -0.493 e. The zero-order valence-electron chi connectivity index (χ0n) is 16.9. The number of ether oxygens (including phenoxy) is 2. The summed E-state index contributed by atoms with van der Waals surface area (Å²) in [6, 6.07) is 11.6. The van der Waals surface area contributed by atoms with E-state index in [0.717, 1.165) is 11.1 Å². The number of benzene rings is 2. The first-order chi connectivity index (χ1) is 14.0. The van der Waals surface area contributed by atoms with Crippen molar-refractivity contribution in [1.29, 1.82) is 0 Å². The number of anilines is 1. The number of methoxy groups -OCH3 is 2. The van der Waals surface area contributed by atoms with Crippen LogP contribution in [-0.2, 0) is 11.2 Å². The van der Waals surface area contributed by atoms with Crippen LogP contribution in [0.25, 0.3) is 6.08 Å². The van der Waals surface area contributed by atoms with E-state index in [0.29, 0.717) is 23.8 Å². The number of rotatable bonds is 7. The normalized spacial score (nSPS) is 10.9. The number of carbonyl (C=O) groups excluding carboxylic acids is 1. The summed E-state index contributed by atoms with van der Waals surface area (Å²) < 4.78 is 16.0. The molecule has 150 valence electrons. The standard InChI is InChI=1S/C22H23N3O4/c1-14-5-6-17(11-15(14)2)13-21-24-25-22(29-21)23-20(26)10-8-16-7-9-18(27-3)19(12-16)28-4/h5-12H,13H2,1-4H3,(H,23,25,26). The number of aromatic nitrogens is 2. The van der Waals surface area contributed by atoms with E-state index in [4.69, 9.17) is 13.9 Å². The van der Waals surface area contributed by atoms with Crippen LogP contribution in [0.1, 0.15) is 28.1 Å². The summed E-state index contributed by atoms with van der Waals surface area (Å²) in [5.41, 5.74) is 4.30. The van der Waals surface area contributed by atoms with E-state index >= 15 is 0 Å². The first-order valence-electron chi connectivity index (χ1n) is 9.08. The van der Waals surface area contributed by atoms with Crippen molar-refractivity contribution in [3.8, 4) is 11.5 Å². The molecule has 1 amide bonds. The van der Waals surface area contributed by atoms with Crippen LogP contribution in [0.2, 0.25) is 0 Å². The minimum atomic E-state index is -0.374. The van der Waals surface area contributed by atoms with Crippen LogP contribution in [0.3, 0.4) is 0 Å². The van der Waals surface area contributed by atoms with E-state index in [1.54, 1.807) is 32.4 Å². The zero-order chi connectivity index (χ0) is 20.8. The second kappa shape index (κ2) is 9.05. The Hall–Kier alpha value is -3.61. The third-order valence-electron chi connectivity index (χ3n) is 4.46. The molecule has 0 unspecified atom stereocenters. The fourth-order valence-electron chi connectivity index (χ4n) is 2.74. The van der Waals surface area contributed by atoms with Crippen molar-refractivity contribution >= 4 is 18.0 Å². The van der Waals surface area contributed by atoms with Crippen molar-refractivity contribution in [2.45, 2.75) is 20.3 Å². The van der Waals surface area contributed by atoms with Gasteiger partial charge in [0.05, 0.1) is 20.6 Å². The van der Waals surface area contributed by atoms with E-state index in [9.17, 15) is 4.79 Å². The quantitative estimate of drug-likeness (QED) is 0.612. The number of amides is 1. The predicted molar refractivity (Wildman–Crippen MR) is 110 cm³/mol. The van der Waals surface area contributed by atoms with Gasteiger partial charge in [0.1, 0.15) is 0 Å². The molecule has 2 aromatic carbocycles. The lowest BCUT2D eigenvalue weighted by molar-refractivity contribution is -0.112. The molecule has 0 saturated carbocycles. The zero-order valence-corrected chi connectivity index (χ0v) is 16.9. The van der Waals surface area contributed by atoms with Crippen LogP contribution >= 0.6 is 0 Å². The third kappa shape index (κ3) is 5.22. The van der Waals surface area contributed by atoms with Crippen LogP contribution < -0.4 is 14.8 Å². The molecule has 7 heteroatoms. The highest BCUT2D eigenvalue weighted by Gasteiger charge is 2.10. The van der Waals surface area contributed by atoms with Gasteiger partial charge in [-0.25, -0.2) is 0 Å². The Kier molecular flexibility index (Phi) is 6.29. The van der Waals surface area contributed by atoms with Gasteiger partial charge in [-0.3, -0.25) is 10.1 Å².